The number of anilines is 2. The fraction of sp³-hybridized carbons (Fsp3) is 0.522. The van der Waals surface area contributed by atoms with E-state index in [1.165, 1.54) is 12.8 Å². The van der Waals surface area contributed by atoms with Crippen LogP contribution in [0.15, 0.2) is 18.2 Å². The second kappa shape index (κ2) is 9.25. The van der Waals surface area contributed by atoms with E-state index in [1.807, 2.05) is 23.9 Å². The van der Waals surface area contributed by atoms with Crippen LogP contribution in [0.2, 0.25) is 10.0 Å². The molecule has 8 nitrogen and oxygen atoms in total. The fourth-order valence-corrected chi connectivity index (χ4v) is 5.73. The van der Waals surface area contributed by atoms with Crippen LogP contribution < -0.4 is 16.0 Å². The Bertz CT molecular complexity index is 1150. The highest BCUT2D eigenvalue weighted by atomic mass is 35.5. The Balaban J connectivity index is 1.43. The third-order valence-electron chi connectivity index (χ3n) is 6.96. The maximum absolute atomic E-state index is 6.52. The summed E-state index contributed by atoms with van der Waals surface area (Å²) in [5.41, 5.74) is 9.69. The Morgan fingerprint density at radius 2 is 1.91 bits per heavy atom. The minimum Gasteiger partial charge on any atom is -0.382 e. The summed E-state index contributed by atoms with van der Waals surface area (Å²) in [6, 6.07) is 6.21. The number of piperazine rings is 1. The number of hydrogen-bond acceptors (Lipinski definition) is 7. The first-order chi connectivity index (χ1) is 15.9. The molecule has 2 atom stereocenters. The minimum atomic E-state index is -0.0393. The van der Waals surface area contributed by atoms with Gasteiger partial charge in [0.1, 0.15) is 5.52 Å². The largest absolute Gasteiger partial charge is 0.382 e. The molecule has 1 aromatic carbocycles. The molecule has 3 aromatic rings. The Kier molecular flexibility index (Phi) is 6.35. The number of aryl methyl sites for hydroxylation is 1. The Hall–Kier alpha value is -2.13. The third kappa shape index (κ3) is 4.37. The van der Waals surface area contributed by atoms with Crippen molar-refractivity contribution in [1.82, 2.24) is 30.0 Å². The first kappa shape index (κ1) is 22.7. The van der Waals surface area contributed by atoms with Gasteiger partial charge >= 0.3 is 0 Å². The molecule has 3 N–H and O–H groups in total. The zero-order chi connectivity index (χ0) is 23.1. The van der Waals surface area contributed by atoms with Crippen LogP contribution in [0.3, 0.4) is 0 Å². The lowest BCUT2D eigenvalue weighted by Gasteiger charge is -2.40. The van der Waals surface area contributed by atoms with Gasteiger partial charge in [-0.25, -0.2) is 4.98 Å². The van der Waals surface area contributed by atoms with Crippen molar-refractivity contribution in [1.29, 1.82) is 0 Å². The second-order valence-electron chi connectivity index (χ2n) is 9.03. The van der Waals surface area contributed by atoms with Gasteiger partial charge in [-0.3, -0.25) is 9.58 Å². The number of piperidine rings is 1. The van der Waals surface area contributed by atoms with E-state index in [4.69, 9.17) is 33.9 Å². The molecule has 0 amide bonds. The van der Waals surface area contributed by atoms with E-state index >= 15 is 0 Å². The molecule has 10 heteroatoms. The number of hydrogen-bond donors (Lipinski definition) is 2. The molecular formula is C23H30Cl2N8. The average Bonchev–Trinajstić information content (AvgIpc) is 3.16. The van der Waals surface area contributed by atoms with Gasteiger partial charge in [0, 0.05) is 61.8 Å². The van der Waals surface area contributed by atoms with Gasteiger partial charge in [-0.1, -0.05) is 36.2 Å². The van der Waals surface area contributed by atoms with Crippen molar-refractivity contribution in [2.45, 2.75) is 31.7 Å². The minimum absolute atomic E-state index is 0.0393. The van der Waals surface area contributed by atoms with Gasteiger partial charge in [0.2, 0.25) is 5.95 Å². The van der Waals surface area contributed by atoms with Crippen LogP contribution in [0.25, 0.3) is 11.0 Å². The quantitative estimate of drug-likeness (QED) is 0.582. The van der Waals surface area contributed by atoms with Crippen molar-refractivity contribution in [3.05, 3.63) is 39.5 Å². The number of nitrogen functional groups attached to an aromatic ring is 1. The molecule has 33 heavy (non-hydrogen) atoms. The zero-order valence-corrected chi connectivity index (χ0v) is 20.6. The molecular weight excluding hydrogens is 459 g/mol. The van der Waals surface area contributed by atoms with E-state index in [0.717, 1.165) is 56.0 Å². The fourth-order valence-electron chi connectivity index (χ4n) is 5.15. The number of halogens is 2. The predicted octanol–water partition coefficient (Wildman–Crippen LogP) is 3.28. The Labute approximate surface area is 204 Å². The molecule has 2 fully saturated rings. The summed E-state index contributed by atoms with van der Waals surface area (Å²) in [7, 11) is 1.91. The number of rotatable bonds is 4. The lowest BCUT2D eigenvalue weighted by Crippen LogP contribution is -2.54. The molecule has 0 radical (unpaired) electrons. The number of nitrogens with two attached hydrogens (primary N) is 1. The summed E-state index contributed by atoms with van der Waals surface area (Å²) >= 11 is 12.6. The molecule has 2 aromatic heterocycles. The molecule has 0 aliphatic carbocycles. The average molecular weight is 489 g/mol. The molecule has 2 saturated heterocycles. The van der Waals surface area contributed by atoms with Crippen molar-refractivity contribution >= 4 is 46.0 Å². The van der Waals surface area contributed by atoms with Crippen LogP contribution in [0.5, 0.6) is 0 Å². The highest BCUT2D eigenvalue weighted by Gasteiger charge is 2.28. The van der Waals surface area contributed by atoms with Gasteiger partial charge < -0.3 is 16.0 Å². The number of fused-ring (bicyclic) bond motifs is 1. The standard InChI is InChI=1S/C23H30Cl2N8/c1-14(17-6-5-15(24)12-18(17)25)21-19-20(30-31(21)2)22(26)29-23(28-19)33-10-8-32(9-11-33)16-4-3-7-27-13-16/h5-6,12,14,16,27H,3-4,7-11,13H2,1-2H3,(H2,26,28,29)/t14-,16+/m1/s1. The van der Waals surface area contributed by atoms with Crippen LogP contribution in [0.4, 0.5) is 11.8 Å². The molecule has 176 valence electrons. The van der Waals surface area contributed by atoms with Gasteiger partial charge in [-0.15, -0.1) is 0 Å². The molecule has 0 unspecified atom stereocenters. The van der Waals surface area contributed by atoms with Crippen LogP contribution in [0, 0.1) is 0 Å². The van der Waals surface area contributed by atoms with Crippen molar-refractivity contribution in [3.8, 4) is 0 Å². The van der Waals surface area contributed by atoms with Gasteiger partial charge in [-0.2, -0.15) is 10.1 Å². The van der Waals surface area contributed by atoms with Crippen LogP contribution >= 0.6 is 23.2 Å². The van der Waals surface area contributed by atoms with E-state index in [9.17, 15) is 0 Å². The summed E-state index contributed by atoms with van der Waals surface area (Å²) in [5, 5.41) is 9.39. The zero-order valence-electron chi connectivity index (χ0n) is 19.1. The lowest BCUT2D eigenvalue weighted by atomic mass is 9.96. The van der Waals surface area contributed by atoms with Crippen LogP contribution in [0.1, 0.15) is 36.9 Å². The smallest absolute Gasteiger partial charge is 0.228 e. The summed E-state index contributed by atoms with van der Waals surface area (Å²) in [6.07, 6.45) is 2.52. The van der Waals surface area contributed by atoms with Crippen LogP contribution in [-0.4, -0.2) is 70.0 Å². The highest BCUT2D eigenvalue weighted by molar-refractivity contribution is 6.35. The normalized spacial score (nSPS) is 21.0. The van der Waals surface area contributed by atoms with Gasteiger partial charge in [0.25, 0.3) is 0 Å². The number of benzene rings is 1. The summed E-state index contributed by atoms with van der Waals surface area (Å²) < 4.78 is 1.84. The van der Waals surface area contributed by atoms with Crippen molar-refractivity contribution in [2.75, 3.05) is 49.9 Å². The van der Waals surface area contributed by atoms with Gasteiger partial charge in [0.05, 0.1) is 5.69 Å². The molecule has 0 saturated carbocycles. The van der Waals surface area contributed by atoms with Crippen molar-refractivity contribution < 1.29 is 0 Å². The number of aromatic nitrogens is 4. The maximum atomic E-state index is 6.52. The SMILES string of the molecule is C[C@H](c1ccc(Cl)cc1Cl)c1c2nc(N3CCN([C@H]4CCCNC4)CC3)nc(N)c2nn1C. The van der Waals surface area contributed by atoms with E-state index in [2.05, 4.69) is 32.1 Å². The van der Waals surface area contributed by atoms with Gasteiger partial charge in [0.15, 0.2) is 11.3 Å². The molecule has 5 rings (SSSR count). The van der Waals surface area contributed by atoms with E-state index < -0.39 is 0 Å². The molecule has 0 bridgehead atoms. The topological polar surface area (TPSA) is 88.1 Å². The lowest BCUT2D eigenvalue weighted by molar-refractivity contribution is 0.157. The maximum Gasteiger partial charge on any atom is 0.228 e. The summed E-state index contributed by atoms with van der Waals surface area (Å²) in [4.78, 5) is 14.4. The van der Waals surface area contributed by atoms with Crippen molar-refractivity contribution in [3.63, 3.8) is 0 Å². The van der Waals surface area contributed by atoms with E-state index in [1.54, 1.807) is 6.07 Å². The number of nitrogens with one attached hydrogen (secondary N) is 1. The van der Waals surface area contributed by atoms with Crippen molar-refractivity contribution in [2.24, 2.45) is 7.05 Å². The molecule has 2 aliphatic heterocycles. The summed E-state index contributed by atoms with van der Waals surface area (Å²) in [6.45, 7) is 8.09. The van der Waals surface area contributed by atoms with E-state index in [0.29, 0.717) is 33.4 Å². The first-order valence-corrected chi connectivity index (χ1v) is 12.3. The molecule has 2 aliphatic rings. The first-order valence-electron chi connectivity index (χ1n) is 11.6. The molecule has 0 spiro atoms. The van der Waals surface area contributed by atoms with E-state index in [-0.39, 0.29) is 5.92 Å². The predicted molar refractivity (Wildman–Crippen MR) is 134 cm³/mol. The Morgan fingerprint density at radius 1 is 1.12 bits per heavy atom. The highest BCUT2D eigenvalue weighted by Crippen LogP contribution is 2.36. The third-order valence-corrected chi connectivity index (χ3v) is 7.53. The second-order valence-corrected chi connectivity index (χ2v) is 9.87. The van der Waals surface area contributed by atoms with Gasteiger partial charge in [-0.05, 0) is 37.1 Å². The number of nitrogens with zero attached hydrogens (tertiary/aromatic N) is 6. The van der Waals surface area contributed by atoms with Crippen LogP contribution in [-0.2, 0) is 7.05 Å². The Morgan fingerprint density at radius 3 is 2.61 bits per heavy atom. The molecule has 4 heterocycles. The monoisotopic (exact) mass is 488 g/mol. The summed E-state index contributed by atoms with van der Waals surface area (Å²) in [5.74, 6) is 1.04.